The Balaban J connectivity index is 2.49. The maximum Gasteiger partial charge on any atom is 0.407 e. The maximum absolute atomic E-state index is 10.9. The zero-order valence-electron chi connectivity index (χ0n) is 8.32. The van der Waals surface area contributed by atoms with Crippen LogP contribution < -0.4 is 5.32 Å². The molecule has 0 bridgehead atoms. The largest absolute Gasteiger partial charge is 0.465 e. The molecule has 0 aromatic heterocycles. The molecule has 5 nitrogen and oxygen atoms in total. The molecule has 0 spiro atoms. The molecule has 1 rings (SSSR count). The lowest BCUT2D eigenvalue weighted by Crippen LogP contribution is -2.41. The van der Waals surface area contributed by atoms with Crippen molar-refractivity contribution < 1.29 is 14.7 Å². The Morgan fingerprint density at radius 3 is 2.86 bits per heavy atom. The number of carbonyl (C=O) groups is 2. The van der Waals surface area contributed by atoms with E-state index in [-0.39, 0.29) is 11.9 Å². The first-order chi connectivity index (χ1) is 6.65. The van der Waals surface area contributed by atoms with Crippen molar-refractivity contribution in [2.45, 2.75) is 32.2 Å². The quantitative estimate of drug-likeness (QED) is 0.700. The van der Waals surface area contributed by atoms with Gasteiger partial charge in [0.15, 0.2) is 0 Å². The van der Waals surface area contributed by atoms with Crippen LogP contribution in [0.5, 0.6) is 0 Å². The molecule has 0 aromatic carbocycles. The van der Waals surface area contributed by atoms with Gasteiger partial charge in [-0.25, -0.2) is 4.79 Å². The number of hydrogen-bond donors (Lipinski definition) is 2. The van der Waals surface area contributed by atoms with Crippen LogP contribution in [0, 0.1) is 0 Å². The number of rotatable bonds is 4. The van der Waals surface area contributed by atoms with Gasteiger partial charge in [-0.2, -0.15) is 0 Å². The van der Waals surface area contributed by atoms with Gasteiger partial charge in [-0.1, -0.05) is 13.3 Å². The van der Waals surface area contributed by atoms with Crippen LogP contribution in [0.25, 0.3) is 0 Å². The van der Waals surface area contributed by atoms with Crippen molar-refractivity contribution in [2.24, 2.45) is 0 Å². The third kappa shape index (κ3) is 2.61. The van der Waals surface area contributed by atoms with Crippen molar-refractivity contribution in [2.75, 3.05) is 13.1 Å². The lowest BCUT2D eigenvalue weighted by molar-refractivity contribution is -0.119. The van der Waals surface area contributed by atoms with Gasteiger partial charge in [0.1, 0.15) is 0 Å². The van der Waals surface area contributed by atoms with Crippen LogP contribution in [0.1, 0.15) is 26.2 Å². The molecule has 2 N–H and O–H groups in total. The summed E-state index contributed by atoms with van der Waals surface area (Å²) in [6.07, 6.45) is 1.17. The van der Waals surface area contributed by atoms with Gasteiger partial charge in [-0.05, 0) is 6.42 Å². The second-order valence-electron chi connectivity index (χ2n) is 3.49. The van der Waals surface area contributed by atoms with E-state index in [2.05, 4.69) is 5.32 Å². The normalized spacial score (nSPS) is 20.6. The molecule has 80 valence electrons. The fraction of sp³-hybridized carbons (Fsp3) is 0.778. The first-order valence-electron chi connectivity index (χ1n) is 4.91. The van der Waals surface area contributed by atoms with E-state index in [0.717, 1.165) is 12.8 Å². The highest BCUT2D eigenvalue weighted by Gasteiger charge is 2.29. The third-order valence-electron chi connectivity index (χ3n) is 2.39. The summed E-state index contributed by atoms with van der Waals surface area (Å²) in [6, 6.07) is -0.174. The number of carboxylic acid groups (broad SMARTS) is 1. The molecule has 5 heteroatoms. The van der Waals surface area contributed by atoms with Crippen molar-refractivity contribution in [3.05, 3.63) is 0 Å². The molecular weight excluding hydrogens is 184 g/mol. The lowest BCUT2D eigenvalue weighted by atomic mass is 10.2. The van der Waals surface area contributed by atoms with E-state index in [4.69, 9.17) is 5.11 Å². The molecule has 0 radical (unpaired) electrons. The number of hydrogen-bond acceptors (Lipinski definition) is 2. The topological polar surface area (TPSA) is 69.6 Å². The Hall–Kier alpha value is -1.26. The molecule has 14 heavy (non-hydrogen) atoms. The minimum absolute atomic E-state index is 0.0576. The average molecular weight is 200 g/mol. The monoisotopic (exact) mass is 200 g/mol. The summed E-state index contributed by atoms with van der Waals surface area (Å²) >= 11 is 0. The molecule has 1 aliphatic rings. The minimum atomic E-state index is -0.931. The van der Waals surface area contributed by atoms with Gasteiger partial charge in [0.2, 0.25) is 5.91 Å². The molecular formula is C9H16N2O3. The van der Waals surface area contributed by atoms with Gasteiger partial charge in [0.05, 0.1) is 6.04 Å². The van der Waals surface area contributed by atoms with Crippen molar-refractivity contribution in [1.82, 2.24) is 10.2 Å². The molecule has 1 atom stereocenters. The van der Waals surface area contributed by atoms with E-state index in [0.29, 0.717) is 19.5 Å². The van der Waals surface area contributed by atoms with Crippen LogP contribution in [0.4, 0.5) is 4.79 Å². The highest BCUT2D eigenvalue weighted by atomic mass is 16.4. The molecule has 2 amide bonds. The van der Waals surface area contributed by atoms with Crippen molar-refractivity contribution in [3.63, 3.8) is 0 Å². The number of nitrogens with one attached hydrogen (secondary N) is 1. The predicted molar refractivity (Wildman–Crippen MR) is 51.1 cm³/mol. The Kier molecular flexibility index (Phi) is 3.73. The third-order valence-corrected chi connectivity index (χ3v) is 2.39. The van der Waals surface area contributed by atoms with Crippen LogP contribution in [0.2, 0.25) is 0 Å². The van der Waals surface area contributed by atoms with Crippen LogP contribution in [-0.2, 0) is 4.79 Å². The van der Waals surface area contributed by atoms with Crippen LogP contribution in [0.15, 0.2) is 0 Å². The van der Waals surface area contributed by atoms with Gasteiger partial charge in [-0.15, -0.1) is 0 Å². The molecule has 0 saturated carbocycles. The molecule has 1 heterocycles. The smallest absolute Gasteiger partial charge is 0.407 e. The maximum atomic E-state index is 10.9. The summed E-state index contributed by atoms with van der Waals surface area (Å²) in [5, 5.41) is 11.6. The summed E-state index contributed by atoms with van der Waals surface area (Å²) in [5.74, 6) is -0.0576. The van der Waals surface area contributed by atoms with Gasteiger partial charge in [0.25, 0.3) is 0 Å². The summed E-state index contributed by atoms with van der Waals surface area (Å²) in [5.41, 5.74) is 0. The van der Waals surface area contributed by atoms with E-state index < -0.39 is 6.09 Å². The average Bonchev–Trinajstić information content (AvgIpc) is 2.52. The highest BCUT2D eigenvalue weighted by molar-refractivity contribution is 5.80. The zero-order valence-corrected chi connectivity index (χ0v) is 8.32. The first-order valence-corrected chi connectivity index (χ1v) is 4.91. The van der Waals surface area contributed by atoms with Crippen molar-refractivity contribution >= 4 is 12.0 Å². The SMILES string of the molecule is CCCCN(C(=O)O)C1CNC(=O)C1. The summed E-state index contributed by atoms with van der Waals surface area (Å²) < 4.78 is 0. The van der Waals surface area contributed by atoms with Gasteiger partial charge < -0.3 is 15.3 Å². The number of amides is 2. The summed E-state index contributed by atoms with van der Waals surface area (Å²) in [6.45, 7) is 2.98. The standard InChI is InChI=1S/C9H16N2O3/c1-2-3-4-11(9(13)14)7-5-8(12)10-6-7/h7H,2-6H2,1H3,(H,10,12)(H,13,14). The first kappa shape index (κ1) is 10.8. The van der Waals surface area contributed by atoms with Gasteiger partial charge >= 0.3 is 6.09 Å². The minimum Gasteiger partial charge on any atom is -0.465 e. The second-order valence-corrected chi connectivity index (χ2v) is 3.49. The van der Waals surface area contributed by atoms with Crippen LogP contribution >= 0.6 is 0 Å². The Bertz CT molecular complexity index is 230. The molecule has 1 saturated heterocycles. The van der Waals surface area contributed by atoms with E-state index in [1.165, 1.54) is 4.90 Å². The van der Waals surface area contributed by atoms with Crippen molar-refractivity contribution in [1.29, 1.82) is 0 Å². The van der Waals surface area contributed by atoms with Crippen LogP contribution in [0.3, 0.4) is 0 Å². The number of carbonyl (C=O) groups excluding carboxylic acids is 1. The molecule has 1 unspecified atom stereocenters. The second kappa shape index (κ2) is 4.83. The summed E-state index contributed by atoms with van der Waals surface area (Å²) in [7, 11) is 0. The Morgan fingerprint density at radius 1 is 1.71 bits per heavy atom. The number of nitrogens with zero attached hydrogens (tertiary/aromatic N) is 1. The fourth-order valence-corrected chi connectivity index (χ4v) is 1.57. The predicted octanol–water partition coefficient (Wildman–Crippen LogP) is 0.655. The molecule has 1 aliphatic heterocycles. The molecule has 0 aliphatic carbocycles. The van der Waals surface area contributed by atoms with Crippen molar-refractivity contribution in [3.8, 4) is 0 Å². The van der Waals surface area contributed by atoms with E-state index in [1.54, 1.807) is 0 Å². The Morgan fingerprint density at radius 2 is 2.43 bits per heavy atom. The fourth-order valence-electron chi connectivity index (χ4n) is 1.57. The summed E-state index contributed by atoms with van der Waals surface area (Å²) in [4.78, 5) is 23.2. The number of unbranched alkanes of at least 4 members (excludes halogenated alkanes) is 1. The van der Waals surface area contributed by atoms with E-state index in [1.807, 2.05) is 6.92 Å². The highest BCUT2D eigenvalue weighted by Crippen LogP contribution is 2.10. The van der Waals surface area contributed by atoms with E-state index in [9.17, 15) is 9.59 Å². The molecule has 1 fully saturated rings. The zero-order chi connectivity index (χ0) is 10.6. The van der Waals surface area contributed by atoms with Crippen LogP contribution in [-0.4, -0.2) is 41.1 Å². The van der Waals surface area contributed by atoms with E-state index >= 15 is 0 Å². The Labute approximate surface area is 83.1 Å². The van der Waals surface area contributed by atoms with Gasteiger partial charge in [0, 0.05) is 19.5 Å². The lowest BCUT2D eigenvalue weighted by Gasteiger charge is -2.24. The van der Waals surface area contributed by atoms with Gasteiger partial charge in [-0.3, -0.25) is 4.79 Å². The molecule has 0 aromatic rings.